The second-order valence-electron chi connectivity index (χ2n) is 7.44. The maximum Gasteiger partial charge on any atom is 0.407 e. The van der Waals surface area contributed by atoms with Gasteiger partial charge < -0.3 is 55.1 Å². The first-order chi connectivity index (χ1) is 15.6. The second-order valence-corrected chi connectivity index (χ2v) is 7.44. The van der Waals surface area contributed by atoms with E-state index in [1.54, 1.807) is 0 Å². The Morgan fingerprint density at radius 1 is 1.18 bits per heavy atom. The molecule has 6 atom stereocenters. The van der Waals surface area contributed by atoms with Crippen molar-refractivity contribution in [2.24, 2.45) is 0 Å². The minimum absolute atomic E-state index is 0.0616. The zero-order chi connectivity index (χ0) is 25.0. The molecular formula is C19H34N2O12. The summed E-state index contributed by atoms with van der Waals surface area (Å²) in [4.78, 5) is 35.7. The summed E-state index contributed by atoms with van der Waals surface area (Å²) in [6.07, 6.45) is -7.95. The quantitative estimate of drug-likeness (QED) is 0.123. The Morgan fingerprint density at radius 2 is 1.85 bits per heavy atom. The molecule has 0 aliphatic carbocycles. The first-order valence-electron chi connectivity index (χ1n) is 10.4. The largest absolute Gasteiger partial charge is 0.479 e. The van der Waals surface area contributed by atoms with Crippen molar-refractivity contribution in [1.82, 2.24) is 10.6 Å². The van der Waals surface area contributed by atoms with E-state index in [0.717, 1.165) is 0 Å². The number of methoxy groups -OCH3 is 1. The van der Waals surface area contributed by atoms with Crippen molar-refractivity contribution in [3.05, 3.63) is 0 Å². The molecule has 1 heterocycles. The van der Waals surface area contributed by atoms with Crippen LogP contribution in [0.3, 0.4) is 0 Å². The number of carbonyl (C=O) groups excluding carboxylic acids is 2. The van der Waals surface area contributed by atoms with Gasteiger partial charge in [0.1, 0.15) is 31.5 Å². The molecule has 0 aromatic carbocycles. The van der Waals surface area contributed by atoms with Gasteiger partial charge in [-0.3, -0.25) is 4.79 Å². The van der Waals surface area contributed by atoms with E-state index in [4.69, 9.17) is 24.1 Å². The van der Waals surface area contributed by atoms with Crippen molar-refractivity contribution in [1.29, 1.82) is 0 Å². The molecule has 192 valence electrons. The van der Waals surface area contributed by atoms with Gasteiger partial charge in [-0.1, -0.05) is 6.92 Å². The van der Waals surface area contributed by atoms with Crippen LogP contribution in [0.5, 0.6) is 0 Å². The monoisotopic (exact) mass is 482 g/mol. The Bertz CT molecular complexity index is 636. The number of amides is 2. The van der Waals surface area contributed by atoms with Crippen LogP contribution in [-0.4, -0.2) is 126 Å². The van der Waals surface area contributed by atoms with E-state index in [9.17, 15) is 34.8 Å². The fourth-order valence-corrected chi connectivity index (χ4v) is 3.25. The Morgan fingerprint density at radius 3 is 2.42 bits per heavy atom. The minimum Gasteiger partial charge on any atom is -0.479 e. The number of hydrogen-bond donors (Lipinski definition) is 7. The number of hydrogen-bond acceptors (Lipinski definition) is 11. The number of carbonyl (C=O) groups is 3. The van der Waals surface area contributed by atoms with Crippen molar-refractivity contribution in [3.63, 3.8) is 0 Å². The zero-order valence-electron chi connectivity index (χ0n) is 18.6. The third-order valence-electron chi connectivity index (χ3n) is 5.16. The first kappa shape index (κ1) is 29.0. The first-order valence-corrected chi connectivity index (χ1v) is 10.4. The molecule has 0 aromatic rings. The van der Waals surface area contributed by atoms with Crippen molar-refractivity contribution in [2.75, 3.05) is 46.7 Å². The van der Waals surface area contributed by atoms with Crippen molar-refractivity contribution >= 4 is 18.0 Å². The van der Waals surface area contributed by atoms with Gasteiger partial charge in [0, 0.05) is 13.5 Å². The van der Waals surface area contributed by atoms with Gasteiger partial charge in [0.2, 0.25) is 5.91 Å². The summed E-state index contributed by atoms with van der Waals surface area (Å²) < 4.78 is 20.3. The van der Waals surface area contributed by atoms with Gasteiger partial charge >= 0.3 is 12.1 Å². The highest BCUT2D eigenvalue weighted by molar-refractivity contribution is 5.82. The van der Waals surface area contributed by atoms with E-state index in [1.807, 2.05) is 0 Å². The minimum atomic E-state index is -1.87. The van der Waals surface area contributed by atoms with Crippen molar-refractivity contribution in [3.8, 4) is 0 Å². The summed E-state index contributed by atoms with van der Waals surface area (Å²) in [6, 6.07) is -1.33. The van der Waals surface area contributed by atoms with Crippen LogP contribution in [0.25, 0.3) is 0 Å². The number of carboxylic acid groups (broad SMARTS) is 1. The fourth-order valence-electron chi connectivity index (χ4n) is 3.25. The van der Waals surface area contributed by atoms with Gasteiger partial charge in [0.25, 0.3) is 0 Å². The van der Waals surface area contributed by atoms with Gasteiger partial charge in [0.05, 0.1) is 38.6 Å². The number of carboxylic acids is 1. The molecule has 1 rings (SSSR count). The normalized spacial score (nSPS) is 26.8. The molecule has 6 unspecified atom stereocenters. The summed E-state index contributed by atoms with van der Waals surface area (Å²) in [7, 11) is 1.51. The van der Waals surface area contributed by atoms with Crippen LogP contribution in [0.4, 0.5) is 4.79 Å². The molecule has 1 fully saturated rings. The summed E-state index contributed by atoms with van der Waals surface area (Å²) >= 11 is 0. The number of nitrogens with one attached hydrogen (secondary N) is 2. The van der Waals surface area contributed by atoms with E-state index in [1.165, 1.54) is 14.0 Å². The molecule has 1 saturated heterocycles. The van der Waals surface area contributed by atoms with Crippen LogP contribution >= 0.6 is 0 Å². The average molecular weight is 482 g/mol. The van der Waals surface area contributed by atoms with Crippen molar-refractivity contribution in [2.45, 2.75) is 55.8 Å². The number of rotatable bonds is 14. The number of ether oxygens (including phenoxy) is 4. The van der Waals surface area contributed by atoms with E-state index in [0.29, 0.717) is 13.2 Å². The lowest BCUT2D eigenvalue weighted by Crippen LogP contribution is -2.67. The van der Waals surface area contributed by atoms with Gasteiger partial charge in [-0.2, -0.15) is 0 Å². The lowest BCUT2D eigenvalue weighted by molar-refractivity contribution is -0.230. The molecule has 14 heteroatoms. The number of aliphatic carboxylic acids is 1. The highest BCUT2D eigenvalue weighted by Gasteiger charge is 2.53. The summed E-state index contributed by atoms with van der Waals surface area (Å²) in [5, 5.41) is 53.9. The maximum atomic E-state index is 12.3. The van der Waals surface area contributed by atoms with Crippen LogP contribution in [0.2, 0.25) is 0 Å². The molecule has 0 saturated carbocycles. The fraction of sp³-hybridized carbons (Fsp3) is 0.842. The average Bonchev–Trinajstić information content (AvgIpc) is 2.79. The number of aliphatic hydroxyl groups is 4. The summed E-state index contributed by atoms with van der Waals surface area (Å²) in [5.41, 5.74) is -1.87. The lowest BCUT2D eigenvalue weighted by atomic mass is 9.82. The molecule has 1 aliphatic heterocycles. The molecule has 2 amide bonds. The third-order valence-corrected chi connectivity index (χ3v) is 5.16. The predicted molar refractivity (Wildman–Crippen MR) is 109 cm³/mol. The number of alkyl carbamates (subject to hydrolysis) is 1. The smallest absolute Gasteiger partial charge is 0.407 e. The lowest BCUT2D eigenvalue weighted by Gasteiger charge is -2.46. The van der Waals surface area contributed by atoms with E-state index in [-0.39, 0.29) is 19.6 Å². The topological polar surface area (TPSA) is 213 Å². The van der Waals surface area contributed by atoms with Crippen molar-refractivity contribution < 1.29 is 58.9 Å². The van der Waals surface area contributed by atoms with Gasteiger partial charge in [-0.05, 0) is 6.42 Å². The zero-order valence-corrected chi connectivity index (χ0v) is 18.6. The van der Waals surface area contributed by atoms with Crippen LogP contribution in [0.1, 0.15) is 19.8 Å². The SMILES string of the molecule is CCC1(C(=O)O)CC(O)C(NC(=O)CNC(=O)OCCOCCOC)C(C(O)C(O)CO)O1. The Balaban J connectivity index is 2.69. The maximum absolute atomic E-state index is 12.3. The van der Waals surface area contributed by atoms with Gasteiger partial charge in [0.15, 0.2) is 5.60 Å². The molecule has 0 bridgehead atoms. The van der Waals surface area contributed by atoms with Crippen LogP contribution < -0.4 is 10.6 Å². The van der Waals surface area contributed by atoms with E-state index >= 15 is 0 Å². The van der Waals surface area contributed by atoms with Gasteiger partial charge in [-0.25, -0.2) is 9.59 Å². The standard InChI is InChI=1S/C19H34N2O12/c1-3-19(17(27)28)8-11(23)14(16(33-19)15(26)12(24)10-22)21-13(25)9-20-18(29)32-7-6-31-5-4-30-2/h11-12,14-16,22-24,26H,3-10H2,1-2H3,(H,20,29)(H,21,25)(H,27,28). The molecule has 14 nitrogen and oxygen atoms in total. The van der Waals surface area contributed by atoms with Crippen LogP contribution in [-0.2, 0) is 28.5 Å². The molecular weight excluding hydrogens is 448 g/mol. The third kappa shape index (κ3) is 8.66. The predicted octanol–water partition coefficient (Wildman–Crippen LogP) is -3.04. The van der Waals surface area contributed by atoms with Gasteiger partial charge in [-0.15, -0.1) is 0 Å². The highest BCUT2D eigenvalue weighted by atomic mass is 16.6. The molecule has 0 aromatic heterocycles. The molecule has 0 radical (unpaired) electrons. The summed E-state index contributed by atoms with van der Waals surface area (Å²) in [5.74, 6) is -2.19. The van der Waals surface area contributed by atoms with Crippen LogP contribution in [0, 0.1) is 0 Å². The number of aliphatic hydroxyl groups excluding tert-OH is 4. The summed E-state index contributed by atoms with van der Waals surface area (Å²) in [6.45, 7) is 0.860. The highest BCUT2D eigenvalue weighted by Crippen LogP contribution is 2.34. The Hall–Kier alpha value is -2.07. The Labute approximate surface area is 190 Å². The van der Waals surface area contributed by atoms with Crippen LogP contribution in [0.15, 0.2) is 0 Å². The van der Waals surface area contributed by atoms with E-state index < -0.39 is 73.6 Å². The second kappa shape index (κ2) is 14.2. The molecule has 1 aliphatic rings. The molecule has 0 spiro atoms. The molecule has 33 heavy (non-hydrogen) atoms. The van der Waals surface area contributed by atoms with E-state index in [2.05, 4.69) is 10.6 Å². The molecule has 7 N–H and O–H groups in total. The Kier molecular flexibility index (Phi) is 12.5.